The van der Waals surface area contributed by atoms with Crippen LogP contribution in [-0.2, 0) is 21.5 Å². The van der Waals surface area contributed by atoms with E-state index in [1.165, 1.54) is 11.2 Å². The summed E-state index contributed by atoms with van der Waals surface area (Å²) in [7, 11) is -3.67. The van der Waals surface area contributed by atoms with Gasteiger partial charge in [-0.3, -0.25) is 14.0 Å². The van der Waals surface area contributed by atoms with Crippen molar-refractivity contribution >= 4 is 16.0 Å². The van der Waals surface area contributed by atoms with E-state index in [2.05, 4.69) is 36.2 Å². The second-order valence-electron chi connectivity index (χ2n) is 9.02. The summed E-state index contributed by atoms with van der Waals surface area (Å²) in [6, 6.07) is 1.38. The number of carbonyl (C=O) groups excluding carboxylic acids is 1. The van der Waals surface area contributed by atoms with E-state index in [4.69, 9.17) is 9.81 Å². The molecule has 0 spiro atoms. The van der Waals surface area contributed by atoms with E-state index >= 15 is 0 Å². The maximum atomic E-state index is 13.6. The fourth-order valence-corrected chi connectivity index (χ4v) is 4.34. The van der Waals surface area contributed by atoms with Gasteiger partial charge in [-0.2, -0.15) is 18.8 Å². The highest BCUT2D eigenvalue weighted by Gasteiger charge is 2.51. The molecule has 1 aromatic heterocycles. The lowest BCUT2D eigenvalue weighted by Gasteiger charge is -2.42. The molecular formula is C19H31FN6O4S. The highest BCUT2D eigenvalue weighted by atomic mass is 32.2. The first-order valence-electron chi connectivity index (χ1n) is 10.1. The second kappa shape index (κ2) is 9.58. The van der Waals surface area contributed by atoms with Crippen LogP contribution < -0.4 is 5.32 Å². The molecule has 1 saturated carbocycles. The monoisotopic (exact) mass is 458 g/mol. The molecule has 0 aromatic carbocycles. The highest BCUT2D eigenvalue weighted by Crippen LogP contribution is 2.50. The number of halogens is 1. The minimum absolute atomic E-state index is 0.0216. The lowest BCUT2D eigenvalue weighted by Crippen LogP contribution is -2.55. The predicted octanol–water partition coefficient (Wildman–Crippen LogP) is 1.03. The number of likely N-dealkylation sites (tertiary alicyclic amines) is 1. The molecule has 1 aromatic rings. The summed E-state index contributed by atoms with van der Waals surface area (Å²) in [5.74, 6) is 0.208. The van der Waals surface area contributed by atoms with Crippen molar-refractivity contribution in [3.8, 4) is 6.07 Å². The molecule has 174 valence electrons. The summed E-state index contributed by atoms with van der Waals surface area (Å²) in [6.07, 6.45) is 4.97. The van der Waals surface area contributed by atoms with Crippen molar-refractivity contribution in [1.82, 2.24) is 25.0 Å². The van der Waals surface area contributed by atoms with Gasteiger partial charge < -0.3 is 10.2 Å². The largest absolute Gasteiger partial charge is 0.323 e. The lowest BCUT2D eigenvalue weighted by molar-refractivity contribution is -0.131. The van der Waals surface area contributed by atoms with Gasteiger partial charge in [-0.1, -0.05) is 13.8 Å². The molecule has 0 radical (unpaired) electrons. The molecule has 0 unspecified atom stereocenters. The first-order valence-corrected chi connectivity index (χ1v) is 11.9. The van der Waals surface area contributed by atoms with Crippen molar-refractivity contribution in [2.24, 2.45) is 11.3 Å². The van der Waals surface area contributed by atoms with E-state index in [1.54, 1.807) is 6.33 Å². The highest BCUT2D eigenvalue weighted by molar-refractivity contribution is 7.85. The van der Waals surface area contributed by atoms with E-state index in [1.807, 2.05) is 10.8 Å². The Morgan fingerprint density at radius 2 is 2.06 bits per heavy atom. The third-order valence-corrected chi connectivity index (χ3v) is 6.66. The number of amides is 1. The van der Waals surface area contributed by atoms with Gasteiger partial charge in [-0.15, -0.1) is 0 Å². The average Bonchev–Trinajstić information content (AvgIpc) is 3.34. The van der Waals surface area contributed by atoms with Gasteiger partial charge >= 0.3 is 0 Å². The Labute approximate surface area is 182 Å². The summed E-state index contributed by atoms with van der Waals surface area (Å²) in [5.41, 5.74) is -0.271. The Morgan fingerprint density at radius 1 is 1.42 bits per heavy atom. The van der Waals surface area contributed by atoms with Crippen molar-refractivity contribution in [3.63, 3.8) is 0 Å². The van der Waals surface area contributed by atoms with Gasteiger partial charge in [0, 0.05) is 18.5 Å². The Morgan fingerprint density at radius 3 is 2.61 bits per heavy atom. The van der Waals surface area contributed by atoms with Crippen molar-refractivity contribution in [2.45, 2.75) is 64.3 Å². The molecule has 10 nitrogen and oxygen atoms in total. The normalized spacial score (nSPS) is 29.8. The summed E-state index contributed by atoms with van der Waals surface area (Å²) in [5, 5.41) is 16.8. The number of nitrogens with one attached hydrogen (secondary N) is 1. The van der Waals surface area contributed by atoms with Gasteiger partial charge in [-0.25, -0.2) is 9.37 Å². The number of rotatable bonds is 5. The summed E-state index contributed by atoms with van der Waals surface area (Å²) >= 11 is 0. The molecule has 2 fully saturated rings. The standard InChI is InChI=1S/C18H27FN6O.CH4O3S/c1-17(2)13(9-24-12-21-11-23-24)4-5-18(17,3)22-8-16(26)25-10-14(19)6-15(25)7-20;1-5(2,3)4/h11-15,22H,4-6,8-10H2,1-3H3;1H3,(H,2,3,4)/t13-,14-,15+,18-;/m1./s1. The fourth-order valence-electron chi connectivity index (χ4n) is 4.34. The van der Waals surface area contributed by atoms with Crippen LogP contribution in [0.25, 0.3) is 0 Å². The molecule has 31 heavy (non-hydrogen) atoms. The molecule has 1 saturated heterocycles. The maximum Gasteiger partial charge on any atom is 0.261 e. The van der Waals surface area contributed by atoms with Gasteiger partial charge in [0.15, 0.2) is 0 Å². The molecule has 2 N–H and O–H groups in total. The number of nitrogens with zero attached hydrogens (tertiary/aromatic N) is 5. The van der Waals surface area contributed by atoms with Gasteiger partial charge in [0.1, 0.15) is 24.9 Å². The zero-order valence-electron chi connectivity index (χ0n) is 18.3. The molecule has 1 amide bonds. The smallest absolute Gasteiger partial charge is 0.261 e. The van der Waals surface area contributed by atoms with E-state index in [0.29, 0.717) is 12.2 Å². The van der Waals surface area contributed by atoms with E-state index in [-0.39, 0.29) is 36.4 Å². The second-order valence-corrected chi connectivity index (χ2v) is 10.5. The number of aromatic nitrogens is 3. The number of alkyl halides is 1. The molecule has 4 atom stereocenters. The Balaban J connectivity index is 0.000000614. The molecule has 1 aliphatic heterocycles. The Kier molecular flexibility index (Phi) is 7.78. The van der Waals surface area contributed by atoms with Gasteiger partial charge in [0.2, 0.25) is 5.91 Å². The SMILES string of the molecule is CC1(C)[C@@H](Cn2cncn2)CC[C@@]1(C)NCC(=O)N1C[C@H](F)C[C@H]1C#N.CS(=O)(=O)O. The number of hydrogen-bond acceptors (Lipinski definition) is 7. The zero-order chi connectivity index (χ0) is 23.4. The van der Waals surface area contributed by atoms with Crippen LogP contribution in [0, 0.1) is 22.7 Å². The van der Waals surface area contributed by atoms with Crippen molar-refractivity contribution in [1.29, 1.82) is 5.26 Å². The molecule has 1 aliphatic carbocycles. The molecular weight excluding hydrogens is 427 g/mol. The summed E-state index contributed by atoms with van der Waals surface area (Å²) in [4.78, 5) is 17.9. The first-order chi connectivity index (χ1) is 14.3. The van der Waals surface area contributed by atoms with E-state index in [9.17, 15) is 17.6 Å². The molecule has 2 heterocycles. The average molecular weight is 459 g/mol. The Hall–Kier alpha value is -2.10. The number of carbonyl (C=O) groups is 1. The predicted molar refractivity (Wildman–Crippen MR) is 111 cm³/mol. The van der Waals surface area contributed by atoms with Gasteiger partial charge in [0.05, 0.1) is 25.4 Å². The van der Waals surface area contributed by atoms with Gasteiger partial charge in [-0.05, 0) is 31.1 Å². The fraction of sp³-hybridized carbons (Fsp3) is 0.789. The van der Waals surface area contributed by atoms with Crippen LogP contribution in [0.5, 0.6) is 0 Å². The summed E-state index contributed by atoms with van der Waals surface area (Å²) in [6.45, 7) is 7.51. The molecule has 12 heteroatoms. The number of hydrogen-bond donors (Lipinski definition) is 2. The van der Waals surface area contributed by atoms with Crippen molar-refractivity contribution < 1.29 is 22.2 Å². The van der Waals surface area contributed by atoms with Crippen LogP contribution >= 0.6 is 0 Å². The lowest BCUT2D eigenvalue weighted by atomic mass is 9.71. The van der Waals surface area contributed by atoms with Gasteiger partial charge in [0.25, 0.3) is 10.1 Å². The minimum Gasteiger partial charge on any atom is -0.323 e. The summed E-state index contributed by atoms with van der Waals surface area (Å²) < 4.78 is 41.3. The minimum atomic E-state index is -3.67. The Bertz CT molecular complexity index is 893. The quantitative estimate of drug-likeness (QED) is 0.623. The third-order valence-electron chi connectivity index (χ3n) is 6.66. The maximum absolute atomic E-state index is 13.6. The molecule has 3 rings (SSSR count). The molecule has 0 bridgehead atoms. The van der Waals surface area contributed by atoms with Crippen LogP contribution in [0.15, 0.2) is 12.7 Å². The third kappa shape index (κ3) is 6.44. The van der Waals surface area contributed by atoms with Crippen LogP contribution in [0.2, 0.25) is 0 Å². The number of nitriles is 1. The van der Waals surface area contributed by atoms with Crippen molar-refractivity contribution in [3.05, 3.63) is 12.7 Å². The van der Waals surface area contributed by atoms with Crippen LogP contribution in [0.4, 0.5) is 4.39 Å². The zero-order valence-corrected chi connectivity index (χ0v) is 19.1. The van der Waals surface area contributed by atoms with Crippen LogP contribution in [0.3, 0.4) is 0 Å². The van der Waals surface area contributed by atoms with Crippen LogP contribution in [-0.4, -0.2) is 75.6 Å². The topological polar surface area (TPSA) is 141 Å². The first kappa shape index (κ1) is 25.2. The van der Waals surface area contributed by atoms with E-state index in [0.717, 1.165) is 19.4 Å². The van der Waals surface area contributed by atoms with Crippen LogP contribution in [0.1, 0.15) is 40.0 Å². The molecule has 2 aliphatic rings. The van der Waals surface area contributed by atoms with Crippen molar-refractivity contribution in [2.75, 3.05) is 19.3 Å². The van der Waals surface area contributed by atoms with E-state index < -0.39 is 22.3 Å².